The van der Waals surface area contributed by atoms with Crippen LogP contribution in [0.3, 0.4) is 0 Å². The zero-order chi connectivity index (χ0) is 16.4. The van der Waals surface area contributed by atoms with E-state index in [1.807, 2.05) is 35.2 Å². The normalized spacial score (nSPS) is 20.1. The molecule has 2 aliphatic rings. The molecule has 1 amide bonds. The minimum atomic E-state index is -0.00441. The van der Waals surface area contributed by atoms with Crippen molar-refractivity contribution in [3.8, 4) is 11.5 Å². The van der Waals surface area contributed by atoms with Crippen molar-refractivity contribution in [1.29, 1.82) is 0 Å². The molecule has 0 spiro atoms. The van der Waals surface area contributed by atoms with Gasteiger partial charge in [0.15, 0.2) is 11.5 Å². The highest BCUT2D eigenvalue weighted by Gasteiger charge is 2.30. The van der Waals surface area contributed by atoms with E-state index < -0.39 is 0 Å². The van der Waals surface area contributed by atoms with Gasteiger partial charge in [-0.25, -0.2) is 0 Å². The second-order valence-corrected chi connectivity index (χ2v) is 6.94. The first-order valence-corrected chi connectivity index (χ1v) is 9.06. The molecule has 5 nitrogen and oxygen atoms in total. The Morgan fingerprint density at radius 1 is 1.12 bits per heavy atom. The van der Waals surface area contributed by atoms with Gasteiger partial charge in [0.2, 0.25) is 5.91 Å². The van der Waals surface area contributed by atoms with Gasteiger partial charge in [-0.2, -0.15) is 0 Å². The van der Waals surface area contributed by atoms with Crippen LogP contribution in [-0.2, 0) is 11.3 Å². The van der Waals surface area contributed by atoms with Gasteiger partial charge in [0.05, 0.1) is 0 Å². The van der Waals surface area contributed by atoms with Crippen molar-refractivity contribution >= 4 is 17.7 Å². The standard InChI is InChI=1S/C18H18N2O3S/c21-17-5-10-24-18(20(17)12-13-3-6-19-7-4-13)14-1-2-15-16(11-14)23-9-8-22-15/h1-4,6-7,11,18H,5,8-10,12H2. The van der Waals surface area contributed by atoms with Gasteiger partial charge in [-0.15, -0.1) is 11.8 Å². The SMILES string of the molecule is O=C1CCSC(c2ccc3c(c2)OCCO3)N1Cc1ccncc1. The zero-order valence-corrected chi connectivity index (χ0v) is 14.0. The number of hydrogen-bond acceptors (Lipinski definition) is 5. The average molecular weight is 342 g/mol. The molecule has 1 aromatic carbocycles. The Bertz CT molecular complexity index is 738. The number of rotatable bonds is 3. The Morgan fingerprint density at radius 2 is 1.92 bits per heavy atom. The molecule has 0 radical (unpaired) electrons. The maximum Gasteiger partial charge on any atom is 0.224 e. The van der Waals surface area contributed by atoms with Crippen molar-refractivity contribution in [2.75, 3.05) is 19.0 Å². The van der Waals surface area contributed by atoms with Crippen LogP contribution in [0.2, 0.25) is 0 Å². The molecule has 0 aliphatic carbocycles. The van der Waals surface area contributed by atoms with Crippen LogP contribution < -0.4 is 9.47 Å². The third kappa shape index (κ3) is 3.06. The predicted molar refractivity (Wildman–Crippen MR) is 92.0 cm³/mol. The number of nitrogens with zero attached hydrogens (tertiary/aromatic N) is 2. The van der Waals surface area contributed by atoms with E-state index >= 15 is 0 Å². The van der Waals surface area contributed by atoms with Crippen LogP contribution in [0.5, 0.6) is 11.5 Å². The van der Waals surface area contributed by atoms with Gasteiger partial charge < -0.3 is 14.4 Å². The minimum Gasteiger partial charge on any atom is -0.486 e. The van der Waals surface area contributed by atoms with Crippen molar-refractivity contribution in [2.45, 2.75) is 18.3 Å². The van der Waals surface area contributed by atoms with Crippen molar-refractivity contribution in [3.63, 3.8) is 0 Å². The summed E-state index contributed by atoms with van der Waals surface area (Å²) >= 11 is 1.79. The summed E-state index contributed by atoms with van der Waals surface area (Å²) in [6, 6.07) is 9.88. The van der Waals surface area contributed by atoms with Gasteiger partial charge in [0.1, 0.15) is 18.6 Å². The summed E-state index contributed by atoms with van der Waals surface area (Å²) in [7, 11) is 0. The summed E-state index contributed by atoms with van der Waals surface area (Å²) < 4.78 is 11.3. The van der Waals surface area contributed by atoms with E-state index in [0.717, 1.165) is 28.4 Å². The number of carbonyl (C=O) groups is 1. The van der Waals surface area contributed by atoms with E-state index in [4.69, 9.17) is 9.47 Å². The molecule has 1 atom stereocenters. The number of hydrogen-bond donors (Lipinski definition) is 0. The molecular formula is C18H18N2O3S. The monoisotopic (exact) mass is 342 g/mol. The van der Waals surface area contributed by atoms with Crippen molar-refractivity contribution in [3.05, 3.63) is 53.9 Å². The van der Waals surface area contributed by atoms with E-state index in [-0.39, 0.29) is 11.3 Å². The Morgan fingerprint density at radius 3 is 2.75 bits per heavy atom. The quantitative estimate of drug-likeness (QED) is 0.858. The molecule has 1 unspecified atom stereocenters. The summed E-state index contributed by atoms with van der Waals surface area (Å²) in [6.45, 7) is 1.73. The molecular weight excluding hydrogens is 324 g/mol. The fraction of sp³-hybridized carbons (Fsp3) is 0.333. The van der Waals surface area contributed by atoms with Crippen molar-refractivity contribution in [2.24, 2.45) is 0 Å². The summed E-state index contributed by atoms with van der Waals surface area (Å²) in [5.74, 6) is 2.56. The number of fused-ring (bicyclic) bond motifs is 1. The van der Waals surface area contributed by atoms with Gasteiger partial charge in [0.25, 0.3) is 0 Å². The maximum atomic E-state index is 12.5. The van der Waals surface area contributed by atoms with Crippen LogP contribution in [0, 0.1) is 0 Å². The molecule has 1 saturated heterocycles. The molecule has 4 rings (SSSR count). The fourth-order valence-electron chi connectivity index (χ4n) is 2.97. The first-order valence-electron chi connectivity index (χ1n) is 8.01. The molecule has 2 aromatic rings. The topological polar surface area (TPSA) is 51.7 Å². The first kappa shape index (κ1) is 15.3. The minimum absolute atomic E-state index is 0.00441. The van der Waals surface area contributed by atoms with E-state index in [0.29, 0.717) is 26.2 Å². The molecule has 0 saturated carbocycles. The molecule has 2 aliphatic heterocycles. The van der Waals surface area contributed by atoms with E-state index in [9.17, 15) is 4.79 Å². The molecule has 0 N–H and O–H groups in total. The Balaban J connectivity index is 1.62. The summed E-state index contributed by atoms with van der Waals surface area (Å²) in [4.78, 5) is 18.5. The lowest BCUT2D eigenvalue weighted by Crippen LogP contribution is -2.36. The Hall–Kier alpha value is -2.21. The van der Waals surface area contributed by atoms with Crippen LogP contribution in [0.15, 0.2) is 42.7 Å². The molecule has 6 heteroatoms. The summed E-state index contributed by atoms with van der Waals surface area (Å²) in [5, 5.41) is -0.00441. The predicted octanol–water partition coefficient (Wildman–Crippen LogP) is 3.02. The highest BCUT2D eigenvalue weighted by Crippen LogP contribution is 2.41. The van der Waals surface area contributed by atoms with Crippen LogP contribution in [0.4, 0.5) is 0 Å². The van der Waals surface area contributed by atoms with Crippen molar-refractivity contribution in [1.82, 2.24) is 9.88 Å². The van der Waals surface area contributed by atoms with Crippen LogP contribution in [0.25, 0.3) is 0 Å². The highest BCUT2D eigenvalue weighted by molar-refractivity contribution is 7.99. The lowest BCUT2D eigenvalue weighted by molar-refractivity contribution is -0.132. The molecule has 1 fully saturated rings. The number of aromatic nitrogens is 1. The van der Waals surface area contributed by atoms with Gasteiger partial charge in [-0.05, 0) is 35.4 Å². The second-order valence-electron chi connectivity index (χ2n) is 5.75. The first-order chi connectivity index (χ1) is 11.8. The number of carbonyl (C=O) groups excluding carboxylic acids is 1. The van der Waals surface area contributed by atoms with Gasteiger partial charge in [-0.3, -0.25) is 9.78 Å². The van der Waals surface area contributed by atoms with Gasteiger partial charge >= 0.3 is 0 Å². The molecule has 1 aromatic heterocycles. The molecule has 24 heavy (non-hydrogen) atoms. The lowest BCUT2D eigenvalue weighted by atomic mass is 10.1. The zero-order valence-electron chi connectivity index (χ0n) is 13.2. The fourth-order valence-corrected chi connectivity index (χ4v) is 4.19. The highest BCUT2D eigenvalue weighted by atomic mass is 32.2. The summed E-state index contributed by atoms with van der Waals surface area (Å²) in [6.07, 6.45) is 4.10. The molecule has 124 valence electrons. The largest absolute Gasteiger partial charge is 0.486 e. The lowest BCUT2D eigenvalue weighted by Gasteiger charge is -2.36. The van der Waals surface area contributed by atoms with Crippen LogP contribution >= 0.6 is 11.8 Å². The third-order valence-corrected chi connectivity index (χ3v) is 5.43. The van der Waals surface area contributed by atoms with Crippen molar-refractivity contribution < 1.29 is 14.3 Å². The summed E-state index contributed by atoms with van der Waals surface area (Å²) in [5.41, 5.74) is 2.16. The number of benzene rings is 1. The second kappa shape index (κ2) is 6.73. The number of amides is 1. The van der Waals surface area contributed by atoms with E-state index in [1.165, 1.54) is 0 Å². The van der Waals surface area contributed by atoms with E-state index in [1.54, 1.807) is 24.2 Å². The van der Waals surface area contributed by atoms with Crippen LogP contribution in [-0.4, -0.2) is 34.8 Å². The molecule has 0 bridgehead atoms. The smallest absolute Gasteiger partial charge is 0.224 e. The number of thioether (sulfide) groups is 1. The van der Waals surface area contributed by atoms with E-state index in [2.05, 4.69) is 4.98 Å². The Kier molecular flexibility index (Phi) is 4.30. The number of pyridine rings is 1. The average Bonchev–Trinajstić information content (AvgIpc) is 2.64. The maximum absolute atomic E-state index is 12.5. The van der Waals surface area contributed by atoms with Gasteiger partial charge in [-0.1, -0.05) is 6.07 Å². The molecule has 3 heterocycles. The number of ether oxygens (including phenoxy) is 2. The van der Waals surface area contributed by atoms with Gasteiger partial charge in [0, 0.05) is 31.1 Å². The Labute approximate surface area is 145 Å². The third-order valence-electron chi connectivity index (χ3n) is 4.15. The van der Waals surface area contributed by atoms with Crippen LogP contribution in [0.1, 0.15) is 22.9 Å².